The van der Waals surface area contributed by atoms with Crippen LogP contribution in [0.3, 0.4) is 0 Å². The zero-order valence-electron chi connectivity index (χ0n) is 15.8. The van der Waals surface area contributed by atoms with Crippen LogP contribution in [0.1, 0.15) is 21.6 Å². The lowest BCUT2D eigenvalue weighted by Gasteiger charge is -2.08. The van der Waals surface area contributed by atoms with Crippen molar-refractivity contribution in [3.8, 4) is 16.3 Å². The second-order valence-electron chi connectivity index (χ2n) is 6.42. The summed E-state index contributed by atoms with van der Waals surface area (Å²) in [5.41, 5.74) is 3.30. The van der Waals surface area contributed by atoms with Gasteiger partial charge >= 0.3 is 0 Å². The minimum atomic E-state index is -0.201. The third kappa shape index (κ3) is 4.85. The van der Waals surface area contributed by atoms with Crippen LogP contribution < -0.4 is 10.1 Å². The summed E-state index contributed by atoms with van der Waals surface area (Å²) in [6.45, 7) is 0.883. The lowest BCUT2D eigenvalue weighted by molar-refractivity contribution is 0.0946. The van der Waals surface area contributed by atoms with Crippen LogP contribution in [-0.2, 0) is 20.2 Å². The van der Waals surface area contributed by atoms with Gasteiger partial charge in [0.2, 0.25) is 0 Å². The van der Waals surface area contributed by atoms with Gasteiger partial charge in [-0.05, 0) is 23.8 Å². The predicted molar refractivity (Wildman–Crippen MR) is 110 cm³/mol. The van der Waals surface area contributed by atoms with Crippen LogP contribution in [0.4, 0.5) is 0 Å². The van der Waals surface area contributed by atoms with Gasteiger partial charge in [0.1, 0.15) is 23.1 Å². The molecule has 0 radical (unpaired) electrons. The van der Waals surface area contributed by atoms with E-state index >= 15 is 0 Å². The van der Waals surface area contributed by atoms with E-state index in [2.05, 4.69) is 20.4 Å². The number of carbonyl (C=O) groups is 1. The number of pyridine rings is 1. The average Bonchev–Trinajstić information content (AvgIpc) is 3.41. The Morgan fingerprint density at radius 2 is 2.03 bits per heavy atom. The number of amides is 1. The Balaban J connectivity index is 1.29. The third-order valence-electron chi connectivity index (χ3n) is 4.19. The van der Waals surface area contributed by atoms with E-state index in [1.165, 1.54) is 11.3 Å². The Bertz CT molecular complexity index is 1090. The minimum absolute atomic E-state index is 0.201. The summed E-state index contributed by atoms with van der Waals surface area (Å²) < 4.78 is 7.45. The SMILES string of the molecule is Cn1cc(-c2nc(C(=O)NCc3ccc(OCc4cccnc4)cc3)cs2)cn1. The summed E-state index contributed by atoms with van der Waals surface area (Å²) in [5.74, 6) is 0.567. The number of benzene rings is 1. The lowest BCUT2D eigenvalue weighted by atomic mass is 10.2. The average molecular weight is 405 g/mol. The summed E-state index contributed by atoms with van der Waals surface area (Å²) in [5, 5.41) is 9.56. The molecule has 0 saturated carbocycles. The van der Waals surface area contributed by atoms with Crippen molar-refractivity contribution in [3.05, 3.63) is 83.4 Å². The van der Waals surface area contributed by atoms with E-state index in [9.17, 15) is 4.79 Å². The maximum atomic E-state index is 12.4. The first-order chi connectivity index (χ1) is 14.2. The first kappa shape index (κ1) is 18.8. The van der Waals surface area contributed by atoms with Crippen molar-refractivity contribution in [3.63, 3.8) is 0 Å². The first-order valence-corrected chi connectivity index (χ1v) is 9.89. The first-order valence-electron chi connectivity index (χ1n) is 9.01. The van der Waals surface area contributed by atoms with E-state index < -0.39 is 0 Å². The van der Waals surface area contributed by atoms with Gasteiger partial charge in [-0.1, -0.05) is 18.2 Å². The van der Waals surface area contributed by atoms with Crippen LogP contribution >= 0.6 is 11.3 Å². The Kier molecular flexibility index (Phi) is 5.62. The highest BCUT2D eigenvalue weighted by Crippen LogP contribution is 2.23. The molecule has 0 aliphatic carbocycles. The number of hydrogen-bond donors (Lipinski definition) is 1. The number of carbonyl (C=O) groups excluding carboxylic acids is 1. The molecule has 4 aromatic rings. The third-order valence-corrected chi connectivity index (χ3v) is 5.08. The zero-order chi connectivity index (χ0) is 20.1. The van der Waals surface area contributed by atoms with Crippen molar-refractivity contribution >= 4 is 17.2 Å². The zero-order valence-corrected chi connectivity index (χ0v) is 16.6. The van der Waals surface area contributed by atoms with Crippen molar-refractivity contribution in [2.24, 2.45) is 7.05 Å². The molecule has 3 aromatic heterocycles. The number of hydrogen-bond acceptors (Lipinski definition) is 6. The van der Waals surface area contributed by atoms with E-state index in [0.717, 1.165) is 27.4 Å². The van der Waals surface area contributed by atoms with Crippen molar-refractivity contribution in [2.75, 3.05) is 0 Å². The molecule has 8 heteroatoms. The Labute approximate surface area is 172 Å². The molecular weight excluding hydrogens is 386 g/mol. The maximum absolute atomic E-state index is 12.4. The number of rotatable bonds is 7. The monoisotopic (exact) mass is 405 g/mol. The lowest BCUT2D eigenvalue weighted by Crippen LogP contribution is -2.23. The molecule has 1 amide bonds. The largest absolute Gasteiger partial charge is 0.489 e. The molecule has 0 fully saturated rings. The number of aromatic nitrogens is 4. The van der Waals surface area contributed by atoms with E-state index in [0.29, 0.717) is 18.8 Å². The number of ether oxygens (including phenoxy) is 1. The van der Waals surface area contributed by atoms with Crippen LogP contribution in [0.25, 0.3) is 10.6 Å². The molecule has 3 heterocycles. The summed E-state index contributed by atoms with van der Waals surface area (Å²) in [6.07, 6.45) is 7.12. The molecule has 1 aromatic carbocycles. The normalized spacial score (nSPS) is 10.7. The minimum Gasteiger partial charge on any atom is -0.489 e. The molecular formula is C21H19N5O2S. The maximum Gasteiger partial charge on any atom is 0.271 e. The van der Waals surface area contributed by atoms with Crippen LogP contribution in [0, 0.1) is 0 Å². The molecule has 0 spiro atoms. The van der Waals surface area contributed by atoms with Crippen molar-refractivity contribution in [1.82, 2.24) is 25.1 Å². The second-order valence-corrected chi connectivity index (χ2v) is 7.28. The summed E-state index contributed by atoms with van der Waals surface area (Å²) in [4.78, 5) is 20.8. The van der Waals surface area contributed by atoms with Crippen molar-refractivity contribution in [2.45, 2.75) is 13.2 Å². The van der Waals surface area contributed by atoms with Gasteiger partial charge < -0.3 is 10.1 Å². The number of aryl methyl sites for hydroxylation is 1. The Morgan fingerprint density at radius 3 is 2.76 bits per heavy atom. The van der Waals surface area contributed by atoms with Gasteiger partial charge in [-0.3, -0.25) is 14.5 Å². The van der Waals surface area contributed by atoms with Gasteiger partial charge in [-0.2, -0.15) is 5.10 Å². The van der Waals surface area contributed by atoms with E-state index in [4.69, 9.17) is 4.74 Å². The van der Waals surface area contributed by atoms with Gasteiger partial charge in [0.05, 0.1) is 6.20 Å². The van der Waals surface area contributed by atoms with Gasteiger partial charge in [0, 0.05) is 48.7 Å². The van der Waals surface area contributed by atoms with Crippen LogP contribution in [0.15, 0.2) is 66.6 Å². The van der Waals surface area contributed by atoms with E-state index in [1.807, 2.05) is 49.6 Å². The molecule has 0 atom stereocenters. The Morgan fingerprint density at radius 1 is 1.17 bits per heavy atom. The quantitative estimate of drug-likeness (QED) is 0.509. The highest BCUT2D eigenvalue weighted by atomic mass is 32.1. The highest BCUT2D eigenvalue weighted by Gasteiger charge is 2.12. The molecule has 0 bridgehead atoms. The number of nitrogens with one attached hydrogen (secondary N) is 1. The van der Waals surface area contributed by atoms with Crippen molar-refractivity contribution in [1.29, 1.82) is 0 Å². The molecule has 7 nitrogen and oxygen atoms in total. The van der Waals surface area contributed by atoms with Gasteiger partial charge in [0.15, 0.2) is 0 Å². The standard InChI is InChI=1S/C21H19N5O2S/c1-26-12-17(11-24-26)21-25-19(14-29-21)20(27)23-10-15-4-6-18(7-5-15)28-13-16-3-2-8-22-9-16/h2-9,11-12,14H,10,13H2,1H3,(H,23,27). The topological polar surface area (TPSA) is 81.9 Å². The fourth-order valence-electron chi connectivity index (χ4n) is 2.67. The molecule has 29 heavy (non-hydrogen) atoms. The van der Waals surface area contributed by atoms with Gasteiger partial charge in [0.25, 0.3) is 5.91 Å². The molecule has 0 aliphatic rings. The Hall–Kier alpha value is -3.52. The second kappa shape index (κ2) is 8.66. The van der Waals surface area contributed by atoms with Crippen molar-refractivity contribution < 1.29 is 9.53 Å². The number of nitrogens with zero attached hydrogens (tertiary/aromatic N) is 4. The molecule has 0 saturated heterocycles. The molecule has 0 unspecified atom stereocenters. The summed E-state index contributed by atoms with van der Waals surface area (Å²) >= 11 is 1.43. The van der Waals surface area contributed by atoms with Crippen LogP contribution in [-0.4, -0.2) is 25.7 Å². The van der Waals surface area contributed by atoms with Gasteiger partial charge in [-0.25, -0.2) is 4.98 Å². The molecule has 4 rings (SSSR count). The van der Waals surface area contributed by atoms with Crippen LogP contribution in [0.5, 0.6) is 5.75 Å². The molecule has 0 aliphatic heterocycles. The highest BCUT2D eigenvalue weighted by molar-refractivity contribution is 7.13. The smallest absolute Gasteiger partial charge is 0.271 e. The summed E-state index contributed by atoms with van der Waals surface area (Å²) in [6, 6.07) is 11.5. The number of thiazole rings is 1. The van der Waals surface area contributed by atoms with E-state index in [1.54, 1.807) is 28.7 Å². The molecule has 146 valence electrons. The van der Waals surface area contributed by atoms with Gasteiger partial charge in [-0.15, -0.1) is 11.3 Å². The summed E-state index contributed by atoms with van der Waals surface area (Å²) in [7, 11) is 1.85. The fraction of sp³-hybridized carbons (Fsp3) is 0.143. The fourth-order valence-corrected chi connectivity index (χ4v) is 3.44. The molecule has 1 N–H and O–H groups in total. The van der Waals surface area contributed by atoms with Crippen LogP contribution in [0.2, 0.25) is 0 Å². The predicted octanol–water partition coefficient (Wildman–Crippen LogP) is 3.45. The van der Waals surface area contributed by atoms with E-state index in [-0.39, 0.29) is 5.91 Å².